The number of aryl methyl sites for hydroxylation is 2. The molecule has 0 bridgehead atoms. The molecule has 0 heterocycles. The van der Waals surface area contributed by atoms with Gasteiger partial charge in [0.1, 0.15) is 0 Å². The summed E-state index contributed by atoms with van der Waals surface area (Å²) in [6, 6.07) is 6.80. The van der Waals surface area contributed by atoms with Crippen LogP contribution < -0.4 is 5.32 Å². The van der Waals surface area contributed by atoms with Gasteiger partial charge in [0.15, 0.2) is 0 Å². The summed E-state index contributed by atoms with van der Waals surface area (Å²) in [6.07, 6.45) is 3.60. The molecule has 0 aromatic heterocycles. The predicted octanol–water partition coefficient (Wildman–Crippen LogP) is 4.36. The lowest BCUT2D eigenvalue weighted by Crippen LogP contribution is -2.43. The van der Waals surface area contributed by atoms with E-state index < -0.39 is 0 Å². The van der Waals surface area contributed by atoms with E-state index in [0.29, 0.717) is 5.54 Å². The van der Waals surface area contributed by atoms with Crippen molar-refractivity contribution in [3.63, 3.8) is 0 Å². The van der Waals surface area contributed by atoms with Crippen molar-refractivity contribution < 1.29 is 0 Å². The van der Waals surface area contributed by atoms with Gasteiger partial charge in [-0.25, -0.2) is 0 Å². The Labute approximate surface area is 107 Å². The lowest BCUT2D eigenvalue weighted by Gasteiger charge is -2.32. The Morgan fingerprint density at radius 1 is 0.882 bits per heavy atom. The summed E-state index contributed by atoms with van der Waals surface area (Å²) in [6.45, 7) is 12.2. The van der Waals surface area contributed by atoms with Gasteiger partial charge in [-0.05, 0) is 38.7 Å². The molecular weight excluding hydrogens is 206 g/mol. The lowest BCUT2D eigenvalue weighted by atomic mass is 9.89. The van der Waals surface area contributed by atoms with Gasteiger partial charge in [-0.15, -0.1) is 0 Å². The third kappa shape index (κ3) is 3.85. The van der Waals surface area contributed by atoms with E-state index in [0.717, 1.165) is 6.54 Å². The fourth-order valence-corrected chi connectivity index (χ4v) is 2.59. The molecule has 0 aliphatic heterocycles. The maximum atomic E-state index is 3.75. The molecule has 1 aromatic carbocycles. The molecule has 1 N–H and O–H groups in total. The number of nitrogens with one attached hydrogen (secondary N) is 1. The van der Waals surface area contributed by atoms with E-state index in [1.54, 1.807) is 0 Å². The highest BCUT2D eigenvalue weighted by Crippen LogP contribution is 2.20. The Morgan fingerprint density at radius 3 is 1.76 bits per heavy atom. The van der Waals surface area contributed by atoms with Gasteiger partial charge >= 0.3 is 0 Å². The van der Waals surface area contributed by atoms with Crippen LogP contribution in [0, 0.1) is 13.8 Å². The second-order valence-electron chi connectivity index (χ2n) is 5.19. The standard InChI is InChI=1S/C16H27N/c1-6-16(7-2,8-3)17-12-15-10-13(4)9-14(5)11-15/h9-11,17H,6-8,12H2,1-5H3. The second kappa shape index (κ2) is 6.20. The van der Waals surface area contributed by atoms with Crippen LogP contribution in [0.2, 0.25) is 0 Å². The number of hydrogen-bond donors (Lipinski definition) is 1. The van der Waals surface area contributed by atoms with E-state index in [9.17, 15) is 0 Å². The summed E-state index contributed by atoms with van der Waals surface area (Å²) in [5.41, 5.74) is 4.44. The zero-order valence-corrected chi connectivity index (χ0v) is 12.1. The molecule has 0 atom stereocenters. The Kier molecular flexibility index (Phi) is 5.20. The molecule has 0 amide bonds. The summed E-state index contributed by atoms with van der Waals surface area (Å²) >= 11 is 0. The predicted molar refractivity (Wildman–Crippen MR) is 76.4 cm³/mol. The molecule has 1 aromatic rings. The van der Waals surface area contributed by atoms with Gasteiger partial charge in [0.05, 0.1) is 0 Å². The number of hydrogen-bond acceptors (Lipinski definition) is 1. The summed E-state index contributed by atoms with van der Waals surface area (Å²) in [5.74, 6) is 0. The molecule has 0 fully saturated rings. The van der Waals surface area contributed by atoms with Crippen LogP contribution in [0.5, 0.6) is 0 Å². The maximum Gasteiger partial charge on any atom is 0.0210 e. The Balaban J connectivity index is 2.71. The summed E-state index contributed by atoms with van der Waals surface area (Å²) in [7, 11) is 0. The van der Waals surface area contributed by atoms with Crippen molar-refractivity contribution in [2.45, 2.75) is 66.0 Å². The monoisotopic (exact) mass is 233 g/mol. The molecule has 0 radical (unpaired) electrons. The molecular formula is C16H27N. The average molecular weight is 233 g/mol. The number of benzene rings is 1. The Bertz CT molecular complexity index is 322. The Morgan fingerprint density at radius 2 is 1.35 bits per heavy atom. The van der Waals surface area contributed by atoms with E-state index in [4.69, 9.17) is 0 Å². The smallest absolute Gasteiger partial charge is 0.0210 e. The molecule has 1 rings (SSSR count). The highest BCUT2D eigenvalue weighted by Gasteiger charge is 2.22. The van der Waals surface area contributed by atoms with Crippen molar-refractivity contribution in [2.75, 3.05) is 0 Å². The van der Waals surface area contributed by atoms with Crippen molar-refractivity contribution in [1.29, 1.82) is 0 Å². The van der Waals surface area contributed by atoms with E-state index in [1.807, 2.05) is 0 Å². The van der Waals surface area contributed by atoms with Gasteiger partial charge in [-0.1, -0.05) is 50.1 Å². The normalized spacial score (nSPS) is 11.8. The van der Waals surface area contributed by atoms with E-state index in [1.165, 1.54) is 36.0 Å². The van der Waals surface area contributed by atoms with Crippen LogP contribution >= 0.6 is 0 Å². The van der Waals surface area contributed by atoms with Crippen molar-refractivity contribution in [3.05, 3.63) is 34.9 Å². The van der Waals surface area contributed by atoms with E-state index >= 15 is 0 Å². The molecule has 1 heteroatoms. The van der Waals surface area contributed by atoms with Crippen LogP contribution in [0.1, 0.15) is 56.7 Å². The van der Waals surface area contributed by atoms with Crippen LogP contribution in [0.4, 0.5) is 0 Å². The minimum Gasteiger partial charge on any atom is -0.307 e. The third-order valence-electron chi connectivity index (χ3n) is 3.98. The molecule has 0 saturated carbocycles. The fraction of sp³-hybridized carbons (Fsp3) is 0.625. The van der Waals surface area contributed by atoms with Crippen molar-refractivity contribution >= 4 is 0 Å². The van der Waals surface area contributed by atoms with Crippen LogP contribution in [0.15, 0.2) is 18.2 Å². The molecule has 0 saturated heterocycles. The summed E-state index contributed by atoms with van der Waals surface area (Å²) in [5, 5.41) is 3.75. The molecule has 0 unspecified atom stereocenters. The van der Waals surface area contributed by atoms with Gasteiger partial charge in [-0.2, -0.15) is 0 Å². The first-order chi connectivity index (χ1) is 8.05. The first kappa shape index (κ1) is 14.2. The average Bonchev–Trinajstić information content (AvgIpc) is 2.30. The van der Waals surface area contributed by atoms with Crippen LogP contribution in [0.3, 0.4) is 0 Å². The minimum atomic E-state index is 0.317. The molecule has 96 valence electrons. The Hall–Kier alpha value is -0.820. The van der Waals surface area contributed by atoms with Gasteiger partial charge in [0.2, 0.25) is 0 Å². The van der Waals surface area contributed by atoms with E-state index in [-0.39, 0.29) is 0 Å². The second-order valence-corrected chi connectivity index (χ2v) is 5.19. The van der Waals surface area contributed by atoms with Crippen molar-refractivity contribution in [1.82, 2.24) is 5.32 Å². The van der Waals surface area contributed by atoms with Gasteiger partial charge in [-0.3, -0.25) is 0 Å². The van der Waals surface area contributed by atoms with E-state index in [2.05, 4.69) is 58.1 Å². The zero-order valence-electron chi connectivity index (χ0n) is 12.1. The first-order valence-corrected chi connectivity index (χ1v) is 6.87. The quantitative estimate of drug-likeness (QED) is 0.769. The highest BCUT2D eigenvalue weighted by atomic mass is 15.0. The third-order valence-corrected chi connectivity index (χ3v) is 3.98. The van der Waals surface area contributed by atoms with Gasteiger partial charge in [0.25, 0.3) is 0 Å². The van der Waals surface area contributed by atoms with Gasteiger partial charge < -0.3 is 5.32 Å². The van der Waals surface area contributed by atoms with Gasteiger partial charge in [0, 0.05) is 12.1 Å². The van der Waals surface area contributed by atoms with Crippen LogP contribution in [0.25, 0.3) is 0 Å². The topological polar surface area (TPSA) is 12.0 Å². The maximum absolute atomic E-state index is 3.75. The molecule has 0 aliphatic rings. The zero-order chi connectivity index (χ0) is 12.9. The van der Waals surface area contributed by atoms with Crippen molar-refractivity contribution in [3.8, 4) is 0 Å². The number of rotatable bonds is 6. The first-order valence-electron chi connectivity index (χ1n) is 6.87. The summed E-state index contributed by atoms with van der Waals surface area (Å²) in [4.78, 5) is 0. The largest absolute Gasteiger partial charge is 0.307 e. The fourth-order valence-electron chi connectivity index (χ4n) is 2.59. The molecule has 1 nitrogen and oxygen atoms in total. The molecule has 0 aliphatic carbocycles. The SMILES string of the molecule is CCC(CC)(CC)NCc1cc(C)cc(C)c1. The van der Waals surface area contributed by atoms with Crippen LogP contribution in [-0.4, -0.2) is 5.54 Å². The van der Waals surface area contributed by atoms with Crippen molar-refractivity contribution in [2.24, 2.45) is 0 Å². The van der Waals surface area contributed by atoms with Crippen LogP contribution in [-0.2, 0) is 6.54 Å². The molecule has 0 spiro atoms. The summed E-state index contributed by atoms with van der Waals surface area (Å²) < 4.78 is 0. The molecule has 17 heavy (non-hydrogen) atoms. The lowest BCUT2D eigenvalue weighted by molar-refractivity contribution is 0.288. The highest BCUT2D eigenvalue weighted by molar-refractivity contribution is 5.28. The minimum absolute atomic E-state index is 0.317.